The van der Waals surface area contributed by atoms with Crippen molar-refractivity contribution in [2.45, 2.75) is 12.8 Å². The van der Waals surface area contributed by atoms with Crippen molar-refractivity contribution in [3.8, 4) is 11.3 Å². The fourth-order valence-electron chi connectivity index (χ4n) is 2.24. The highest BCUT2D eigenvalue weighted by molar-refractivity contribution is 5.63. The van der Waals surface area contributed by atoms with Crippen molar-refractivity contribution in [1.29, 1.82) is 0 Å². The Labute approximate surface area is 111 Å². The molecule has 4 heteroatoms. The lowest BCUT2D eigenvalue weighted by atomic mass is 10.1. The van der Waals surface area contributed by atoms with Crippen LogP contribution in [0, 0.1) is 0 Å². The van der Waals surface area contributed by atoms with Gasteiger partial charge in [-0.2, -0.15) is 0 Å². The number of fused-ring (bicyclic) bond motifs is 1. The highest BCUT2D eigenvalue weighted by Gasteiger charge is 2.04. The number of pyridine rings is 2. The van der Waals surface area contributed by atoms with Gasteiger partial charge in [0.2, 0.25) is 0 Å². The maximum Gasteiger partial charge on any atom is 0.137 e. The normalized spacial score (nSPS) is 11.0. The summed E-state index contributed by atoms with van der Waals surface area (Å²) in [6, 6.07) is 10.3. The van der Waals surface area contributed by atoms with E-state index >= 15 is 0 Å². The first-order valence-corrected chi connectivity index (χ1v) is 6.46. The van der Waals surface area contributed by atoms with E-state index in [1.807, 2.05) is 36.8 Å². The first-order valence-electron chi connectivity index (χ1n) is 6.46. The molecule has 96 valence electrons. The van der Waals surface area contributed by atoms with Crippen molar-refractivity contribution in [3.05, 3.63) is 54.6 Å². The molecule has 0 spiro atoms. The quantitative estimate of drug-likeness (QED) is 0.775. The van der Waals surface area contributed by atoms with Gasteiger partial charge in [0.15, 0.2) is 0 Å². The molecule has 3 rings (SSSR count). The number of aromatic nitrogens is 3. The van der Waals surface area contributed by atoms with Crippen LogP contribution < -0.4 is 5.73 Å². The molecule has 0 bridgehead atoms. The predicted octanol–water partition coefficient (Wildman–Crippen LogP) is 2.29. The van der Waals surface area contributed by atoms with Gasteiger partial charge in [-0.25, -0.2) is 4.98 Å². The first kappa shape index (κ1) is 11.9. The van der Waals surface area contributed by atoms with Crippen molar-refractivity contribution in [2.24, 2.45) is 5.73 Å². The van der Waals surface area contributed by atoms with Crippen LogP contribution in [0.3, 0.4) is 0 Å². The number of nitrogens with zero attached hydrogens (tertiary/aromatic N) is 3. The van der Waals surface area contributed by atoms with E-state index in [0.29, 0.717) is 6.54 Å². The summed E-state index contributed by atoms with van der Waals surface area (Å²) in [5.74, 6) is 0. The fourth-order valence-corrected chi connectivity index (χ4v) is 2.24. The van der Waals surface area contributed by atoms with Crippen LogP contribution >= 0.6 is 0 Å². The molecule has 0 radical (unpaired) electrons. The van der Waals surface area contributed by atoms with Crippen LogP contribution in [-0.2, 0) is 6.42 Å². The van der Waals surface area contributed by atoms with E-state index in [-0.39, 0.29) is 0 Å². The zero-order chi connectivity index (χ0) is 13.1. The summed E-state index contributed by atoms with van der Waals surface area (Å²) in [6.07, 6.45) is 7.53. The van der Waals surface area contributed by atoms with Gasteiger partial charge in [-0.05, 0) is 43.7 Å². The van der Waals surface area contributed by atoms with Crippen molar-refractivity contribution >= 4 is 5.65 Å². The molecule has 4 nitrogen and oxygen atoms in total. The minimum atomic E-state index is 0.697. The third-order valence-electron chi connectivity index (χ3n) is 3.18. The molecule has 0 unspecified atom stereocenters. The Morgan fingerprint density at radius 3 is 2.95 bits per heavy atom. The number of hydrogen-bond acceptors (Lipinski definition) is 3. The third-order valence-corrected chi connectivity index (χ3v) is 3.18. The van der Waals surface area contributed by atoms with Crippen LogP contribution in [0.1, 0.15) is 12.1 Å². The predicted molar refractivity (Wildman–Crippen MR) is 75.8 cm³/mol. The Morgan fingerprint density at radius 1 is 1.11 bits per heavy atom. The molecule has 3 heterocycles. The van der Waals surface area contributed by atoms with Crippen LogP contribution in [0.5, 0.6) is 0 Å². The molecule has 0 saturated heterocycles. The Balaban J connectivity index is 2.03. The summed E-state index contributed by atoms with van der Waals surface area (Å²) >= 11 is 0. The smallest absolute Gasteiger partial charge is 0.137 e. The Hall–Kier alpha value is -2.20. The molecule has 0 aromatic carbocycles. The second-order valence-corrected chi connectivity index (χ2v) is 4.49. The zero-order valence-corrected chi connectivity index (χ0v) is 10.7. The molecule has 3 aromatic rings. The molecule has 0 fully saturated rings. The summed E-state index contributed by atoms with van der Waals surface area (Å²) in [5.41, 5.74) is 9.87. The van der Waals surface area contributed by atoms with Crippen LogP contribution in [-0.4, -0.2) is 20.9 Å². The summed E-state index contributed by atoms with van der Waals surface area (Å²) in [7, 11) is 0. The molecule has 19 heavy (non-hydrogen) atoms. The Morgan fingerprint density at radius 2 is 2.05 bits per heavy atom. The number of rotatable bonds is 4. The van der Waals surface area contributed by atoms with E-state index in [9.17, 15) is 0 Å². The third kappa shape index (κ3) is 2.35. The number of aryl methyl sites for hydroxylation is 1. The van der Waals surface area contributed by atoms with Crippen molar-refractivity contribution < 1.29 is 0 Å². The second-order valence-electron chi connectivity index (χ2n) is 4.49. The van der Waals surface area contributed by atoms with Gasteiger partial charge in [-0.15, -0.1) is 0 Å². The summed E-state index contributed by atoms with van der Waals surface area (Å²) in [4.78, 5) is 8.70. The SMILES string of the molecule is NCCCc1cc(-c2cccc3nccn23)ccn1. The van der Waals surface area contributed by atoms with Gasteiger partial charge in [0.25, 0.3) is 0 Å². The van der Waals surface area contributed by atoms with Crippen molar-refractivity contribution in [1.82, 2.24) is 14.4 Å². The minimum Gasteiger partial charge on any atom is -0.330 e. The Kier molecular flexibility index (Phi) is 3.25. The van der Waals surface area contributed by atoms with E-state index in [1.54, 1.807) is 0 Å². The summed E-state index contributed by atoms with van der Waals surface area (Å²) in [6.45, 7) is 0.697. The molecule has 2 N–H and O–H groups in total. The average molecular weight is 252 g/mol. The van der Waals surface area contributed by atoms with E-state index in [4.69, 9.17) is 5.73 Å². The van der Waals surface area contributed by atoms with Gasteiger partial charge in [-0.3, -0.25) is 9.38 Å². The minimum absolute atomic E-state index is 0.697. The monoisotopic (exact) mass is 252 g/mol. The lowest BCUT2D eigenvalue weighted by Gasteiger charge is -2.07. The zero-order valence-electron chi connectivity index (χ0n) is 10.7. The van der Waals surface area contributed by atoms with Crippen molar-refractivity contribution in [2.75, 3.05) is 6.54 Å². The van der Waals surface area contributed by atoms with Gasteiger partial charge in [0.1, 0.15) is 5.65 Å². The number of nitrogens with two attached hydrogens (primary N) is 1. The van der Waals surface area contributed by atoms with E-state index in [0.717, 1.165) is 35.4 Å². The highest BCUT2D eigenvalue weighted by Crippen LogP contribution is 2.21. The number of imidazole rings is 1. The van der Waals surface area contributed by atoms with Crippen LogP contribution in [0.2, 0.25) is 0 Å². The summed E-state index contributed by atoms with van der Waals surface area (Å²) in [5, 5.41) is 0. The molecule has 0 aliphatic heterocycles. The van der Waals surface area contributed by atoms with Gasteiger partial charge in [-0.1, -0.05) is 6.07 Å². The molecule has 0 saturated carbocycles. The molecule has 0 aliphatic rings. The van der Waals surface area contributed by atoms with Gasteiger partial charge in [0, 0.05) is 29.8 Å². The molecule has 0 amide bonds. The summed E-state index contributed by atoms with van der Waals surface area (Å²) < 4.78 is 2.09. The lowest BCUT2D eigenvalue weighted by Crippen LogP contribution is -2.01. The van der Waals surface area contributed by atoms with E-state index in [2.05, 4.69) is 26.5 Å². The average Bonchev–Trinajstić information content (AvgIpc) is 2.93. The van der Waals surface area contributed by atoms with Gasteiger partial charge in [0.05, 0.1) is 5.69 Å². The maximum absolute atomic E-state index is 5.55. The second kappa shape index (κ2) is 5.20. The standard InChI is InChI=1S/C15H16N4/c16-7-2-3-13-11-12(6-8-17-13)14-4-1-5-15-18-9-10-19(14)15/h1,4-6,8-11H,2-3,7,16H2. The molecule has 3 aromatic heterocycles. The number of hydrogen-bond donors (Lipinski definition) is 1. The molecule has 0 atom stereocenters. The van der Waals surface area contributed by atoms with Crippen molar-refractivity contribution in [3.63, 3.8) is 0 Å². The van der Waals surface area contributed by atoms with E-state index in [1.165, 1.54) is 0 Å². The van der Waals surface area contributed by atoms with Gasteiger partial charge < -0.3 is 5.73 Å². The maximum atomic E-state index is 5.55. The van der Waals surface area contributed by atoms with Crippen LogP contribution in [0.15, 0.2) is 48.9 Å². The molecular formula is C15H16N4. The van der Waals surface area contributed by atoms with Crippen LogP contribution in [0.25, 0.3) is 16.9 Å². The lowest BCUT2D eigenvalue weighted by molar-refractivity contribution is 0.810. The topological polar surface area (TPSA) is 56.2 Å². The highest BCUT2D eigenvalue weighted by atomic mass is 15.0. The molecule has 0 aliphatic carbocycles. The van der Waals surface area contributed by atoms with Crippen LogP contribution in [0.4, 0.5) is 0 Å². The largest absolute Gasteiger partial charge is 0.330 e. The Bertz CT molecular complexity index is 687. The molecular weight excluding hydrogens is 236 g/mol. The van der Waals surface area contributed by atoms with E-state index < -0.39 is 0 Å². The fraction of sp³-hybridized carbons (Fsp3) is 0.200. The first-order chi connectivity index (χ1) is 9.38. The van der Waals surface area contributed by atoms with Gasteiger partial charge >= 0.3 is 0 Å².